The molecule has 0 unspecified atom stereocenters. The van der Waals surface area contributed by atoms with Crippen molar-refractivity contribution in [3.63, 3.8) is 0 Å². The van der Waals surface area contributed by atoms with Gasteiger partial charge in [0.2, 0.25) is 0 Å². The lowest BCUT2D eigenvalue weighted by molar-refractivity contribution is 0.102. The third-order valence-electron chi connectivity index (χ3n) is 2.53. The summed E-state index contributed by atoms with van der Waals surface area (Å²) in [6.07, 6.45) is 0. The number of rotatable bonds is 3. The van der Waals surface area contributed by atoms with E-state index < -0.39 is 0 Å². The zero-order valence-electron chi connectivity index (χ0n) is 10.1. The van der Waals surface area contributed by atoms with Gasteiger partial charge in [-0.1, -0.05) is 35.3 Å². The fraction of sp³-hybridized carbons (Fsp3) is 0.0714. The second-order valence-corrected chi connectivity index (χ2v) is 4.62. The second kappa shape index (κ2) is 5.95. The number of halogens is 2. The number of ether oxygens (including phenoxy) is 1. The molecule has 0 heterocycles. The first-order valence-electron chi connectivity index (χ1n) is 5.51. The molecule has 0 aliphatic heterocycles. The van der Waals surface area contributed by atoms with Gasteiger partial charge < -0.3 is 10.1 Å². The van der Waals surface area contributed by atoms with Crippen molar-refractivity contribution >= 4 is 34.8 Å². The van der Waals surface area contributed by atoms with Gasteiger partial charge in [0.05, 0.1) is 23.4 Å². The molecule has 5 heteroatoms. The Labute approximate surface area is 121 Å². The van der Waals surface area contributed by atoms with Crippen LogP contribution < -0.4 is 10.1 Å². The van der Waals surface area contributed by atoms with Crippen LogP contribution in [-0.2, 0) is 0 Å². The van der Waals surface area contributed by atoms with Crippen LogP contribution >= 0.6 is 23.2 Å². The molecule has 2 aromatic carbocycles. The smallest absolute Gasteiger partial charge is 0.257 e. The molecule has 1 N–H and O–H groups in total. The third kappa shape index (κ3) is 3.19. The Morgan fingerprint density at radius 1 is 1.16 bits per heavy atom. The van der Waals surface area contributed by atoms with Crippen molar-refractivity contribution in [1.82, 2.24) is 0 Å². The number of carbonyl (C=O) groups is 1. The number of hydrogen-bond donors (Lipinski definition) is 1. The summed E-state index contributed by atoms with van der Waals surface area (Å²) >= 11 is 11.9. The van der Waals surface area contributed by atoms with Crippen molar-refractivity contribution in [2.75, 3.05) is 12.4 Å². The lowest BCUT2D eigenvalue weighted by Gasteiger charge is -2.11. The van der Waals surface area contributed by atoms with E-state index in [0.717, 1.165) is 0 Å². The van der Waals surface area contributed by atoms with E-state index in [1.807, 2.05) is 0 Å². The predicted molar refractivity (Wildman–Crippen MR) is 77.4 cm³/mol. The Hall–Kier alpha value is -1.71. The molecule has 0 spiro atoms. The van der Waals surface area contributed by atoms with Crippen molar-refractivity contribution < 1.29 is 9.53 Å². The van der Waals surface area contributed by atoms with Gasteiger partial charge in [-0.15, -0.1) is 0 Å². The molecule has 0 aliphatic carbocycles. The first kappa shape index (κ1) is 13.7. The summed E-state index contributed by atoms with van der Waals surface area (Å²) in [5, 5.41) is 3.63. The van der Waals surface area contributed by atoms with Crippen molar-refractivity contribution in [2.45, 2.75) is 0 Å². The van der Waals surface area contributed by atoms with Gasteiger partial charge in [-0.3, -0.25) is 4.79 Å². The number of anilines is 1. The van der Waals surface area contributed by atoms with Gasteiger partial charge in [0.15, 0.2) is 0 Å². The molecule has 2 rings (SSSR count). The molecule has 0 aromatic heterocycles. The molecule has 2 aromatic rings. The molecule has 98 valence electrons. The molecular formula is C14H11Cl2NO2. The van der Waals surface area contributed by atoms with Crippen molar-refractivity contribution in [3.05, 3.63) is 58.1 Å². The largest absolute Gasteiger partial charge is 0.495 e. The molecule has 0 aliphatic rings. The molecule has 1 amide bonds. The summed E-state index contributed by atoms with van der Waals surface area (Å²) in [5.74, 6) is 0.218. The molecule has 0 bridgehead atoms. The van der Waals surface area contributed by atoms with E-state index in [-0.39, 0.29) is 5.91 Å². The monoisotopic (exact) mass is 295 g/mol. The van der Waals surface area contributed by atoms with Crippen LogP contribution in [-0.4, -0.2) is 13.0 Å². The fourth-order valence-electron chi connectivity index (χ4n) is 1.61. The number of amides is 1. The molecule has 3 nitrogen and oxygen atoms in total. The average Bonchev–Trinajstić information content (AvgIpc) is 2.39. The Morgan fingerprint density at radius 2 is 1.89 bits per heavy atom. The van der Waals surface area contributed by atoms with E-state index in [9.17, 15) is 4.79 Å². The van der Waals surface area contributed by atoms with Gasteiger partial charge in [0.25, 0.3) is 5.91 Å². The standard InChI is InChI=1S/C14H11Cl2NO2/c1-19-13-7-6-9(15)8-12(13)17-14(18)10-4-2-3-5-11(10)16/h2-8H,1H3,(H,17,18). The fourth-order valence-corrected chi connectivity index (χ4v) is 2.01. The highest BCUT2D eigenvalue weighted by atomic mass is 35.5. The van der Waals surface area contributed by atoms with Gasteiger partial charge in [0, 0.05) is 5.02 Å². The van der Waals surface area contributed by atoms with Crippen LogP contribution in [0, 0.1) is 0 Å². The SMILES string of the molecule is COc1ccc(Cl)cc1NC(=O)c1ccccc1Cl. The molecule has 0 saturated carbocycles. The zero-order chi connectivity index (χ0) is 13.8. The van der Waals surface area contributed by atoms with Gasteiger partial charge in [-0.25, -0.2) is 0 Å². The van der Waals surface area contributed by atoms with Gasteiger partial charge in [-0.2, -0.15) is 0 Å². The first-order chi connectivity index (χ1) is 9.11. The summed E-state index contributed by atoms with van der Waals surface area (Å²) in [6, 6.07) is 11.8. The summed E-state index contributed by atoms with van der Waals surface area (Å²) in [6.45, 7) is 0. The minimum Gasteiger partial charge on any atom is -0.495 e. The maximum atomic E-state index is 12.1. The minimum absolute atomic E-state index is 0.314. The maximum Gasteiger partial charge on any atom is 0.257 e. The molecule has 0 atom stereocenters. The average molecular weight is 296 g/mol. The number of nitrogens with one attached hydrogen (secondary N) is 1. The second-order valence-electron chi connectivity index (χ2n) is 3.78. The molecular weight excluding hydrogens is 285 g/mol. The quantitative estimate of drug-likeness (QED) is 0.919. The number of methoxy groups -OCH3 is 1. The summed E-state index contributed by atoms with van der Waals surface area (Å²) < 4.78 is 5.16. The van der Waals surface area contributed by atoms with E-state index in [0.29, 0.717) is 27.0 Å². The lowest BCUT2D eigenvalue weighted by atomic mass is 10.2. The van der Waals surface area contributed by atoms with Gasteiger partial charge in [-0.05, 0) is 30.3 Å². The highest BCUT2D eigenvalue weighted by Crippen LogP contribution is 2.28. The lowest BCUT2D eigenvalue weighted by Crippen LogP contribution is -2.13. The Morgan fingerprint density at radius 3 is 2.58 bits per heavy atom. The topological polar surface area (TPSA) is 38.3 Å². The summed E-state index contributed by atoms with van der Waals surface area (Å²) in [4.78, 5) is 12.1. The molecule has 19 heavy (non-hydrogen) atoms. The highest BCUT2D eigenvalue weighted by Gasteiger charge is 2.12. The first-order valence-corrected chi connectivity index (χ1v) is 6.27. The van der Waals surface area contributed by atoms with Crippen LogP contribution in [0.15, 0.2) is 42.5 Å². The third-order valence-corrected chi connectivity index (χ3v) is 3.09. The zero-order valence-corrected chi connectivity index (χ0v) is 11.6. The van der Waals surface area contributed by atoms with Crippen molar-refractivity contribution in [2.24, 2.45) is 0 Å². The predicted octanol–water partition coefficient (Wildman–Crippen LogP) is 4.25. The highest BCUT2D eigenvalue weighted by molar-refractivity contribution is 6.34. The maximum absolute atomic E-state index is 12.1. The Kier molecular flexibility index (Phi) is 4.30. The van der Waals surface area contributed by atoms with Crippen molar-refractivity contribution in [1.29, 1.82) is 0 Å². The summed E-state index contributed by atoms with van der Waals surface area (Å²) in [5.41, 5.74) is 0.895. The normalized spacial score (nSPS) is 10.1. The van der Waals surface area contributed by atoms with E-state index in [1.54, 1.807) is 42.5 Å². The van der Waals surface area contributed by atoms with Crippen molar-refractivity contribution in [3.8, 4) is 5.75 Å². The number of benzene rings is 2. The van der Waals surface area contributed by atoms with Gasteiger partial charge in [0.1, 0.15) is 5.75 Å². The minimum atomic E-state index is -0.314. The van der Waals surface area contributed by atoms with Gasteiger partial charge >= 0.3 is 0 Å². The number of hydrogen-bond acceptors (Lipinski definition) is 2. The van der Waals surface area contributed by atoms with E-state index in [1.165, 1.54) is 7.11 Å². The summed E-state index contributed by atoms with van der Waals surface area (Å²) in [7, 11) is 1.52. The van der Waals surface area contributed by atoms with Crippen LogP contribution in [0.2, 0.25) is 10.0 Å². The molecule has 0 saturated heterocycles. The van der Waals surface area contributed by atoms with Crippen LogP contribution in [0.25, 0.3) is 0 Å². The van der Waals surface area contributed by atoms with E-state index in [2.05, 4.69) is 5.32 Å². The van der Waals surface area contributed by atoms with E-state index in [4.69, 9.17) is 27.9 Å². The van der Waals surface area contributed by atoms with Crippen LogP contribution in [0.1, 0.15) is 10.4 Å². The van der Waals surface area contributed by atoms with E-state index >= 15 is 0 Å². The molecule has 0 radical (unpaired) electrons. The van der Waals surface area contributed by atoms with Crippen LogP contribution in [0.4, 0.5) is 5.69 Å². The molecule has 0 fully saturated rings. The Bertz CT molecular complexity index is 614. The Balaban J connectivity index is 2.29. The number of carbonyl (C=O) groups excluding carboxylic acids is 1. The van der Waals surface area contributed by atoms with Crippen LogP contribution in [0.5, 0.6) is 5.75 Å². The van der Waals surface area contributed by atoms with Crippen LogP contribution in [0.3, 0.4) is 0 Å².